The SMILES string of the molecule is CCC(C)n1ccc(CNc2cccc(Cl)c2Cl)n1. The Kier molecular flexibility index (Phi) is 4.72. The Balaban J connectivity index is 2.02. The van der Waals surface area contributed by atoms with Crippen LogP contribution in [-0.4, -0.2) is 9.78 Å². The van der Waals surface area contributed by atoms with Crippen molar-refractivity contribution < 1.29 is 0 Å². The van der Waals surface area contributed by atoms with Gasteiger partial charge >= 0.3 is 0 Å². The van der Waals surface area contributed by atoms with Crippen molar-refractivity contribution in [2.45, 2.75) is 32.9 Å². The number of nitrogens with zero attached hydrogens (tertiary/aromatic N) is 2. The number of anilines is 1. The minimum atomic E-state index is 0.420. The van der Waals surface area contributed by atoms with Gasteiger partial charge in [0.25, 0.3) is 0 Å². The summed E-state index contributed by atoms with van der Waals surface area (Å²) in [5.74, 6) is 0. The lowest BCUT2D eigenvalue weighted by Crippen LogP contribution is -2.06. The second-order valence-corrected chi connectivity index (χ2v) is 5.28. The molecule has 0 bridgehead atoms. The van der Waals surface area contributed by atoms with Gasteiger partial charge in [-0.05, 0) is 31.5 Å². The van der Waals surface area contributed by atoms with Crippen LogP contribution < -0.4 is 5.32 Å². The smallest absolute Gasteiger partial charge is 0.0823 e. The number of hydrogen-bond acceptors (Lipinski definition) is 2. The molecule has 0 fully saturated rings. The Labute approximate surface area is 123 Å². The van der Waals surface area contributed by atoms with Crippen LogP contribution in [0.2, 0.25) is 10.0 Å². The molecule has 0 saturated heterocycles. The highest BCUT2D eigenvalue weighted by Crippen LogP contribution is 2.29. The molecule has 0 amide bonds. The predicted molar refractivity (Wildman–Crippen MR) is 81.0 cm³/mol. The van der Waals surface area contributed by atoms with Gasteiger partial charge in [-0.3, -0.25) is 4.68 Å². The Morgan fingerprint density at radius 1 is 1.32 bits per heavy atom. The molecule has 1 aromatic heterocycles. The number of aromatic nitrogens is 2. The molecule has 0 saturated carbocycles. The first-order valence-electron chi connectivity index (χ1n) is 6.33. The van der Waals surface area contributed by atoms with E-state index >= 15 is 0 Å². The van der Waals surface area contributed by atoms with Gasteiger partial charge in [0.1, 0.15) is 0 Å². The third-order valence-electron chi connectivity index (χ3n) is 3.12. The molecule has 0 spiro atoms. The maximum absolute atomic E-state index is 6.12. The summed E-state index contributed by atoms with van der Waals surface area (Å²) < 4.78 is 1.98. The molecule has 0 radical (unpaired) electrons. The lowest BCUT2D eigenvalue weighted by atomic mass is 10.3. The van der Waals surface area contributed by atoms with Crippen molar-refractivity contribution in [3.05, 3.63) is 46.2 Å². The minimum absolute atomic E-state index is 0.420. The number of nitrogens with one attached hydrogen (secondary N) is 1. The van der Waals surface area contributed by atoms with Crippen LogP contribution in [0.25, 0.3) is 0 Å². The van der Waals surface area contributed by atoms with E-state index in [4.69, 9.17) is 23.2 Å². The van der Waals surface area contributed by atoms with E-state index in [-0.39, 0.29) is 0 Å². The van der Waals surface area contributed by atoms with Crippen molar-refractivity contribution in [3.8, 4) is 0 Å². The molecule has 2 rings (SSSR count). The highest BCUT2D eigenvalue weighted by atomic mass is 35.5. The van der Waals surface area contributed by atoms with Crippen LogP contribution in [-0.2, 0) is 6.54 Å². The first kappa shape index (κ1) is 14.2. The van der Waals surface area contributed by atoms with Gasteiger partial charge in [0.2, 0.25) is 0 Å². The average Bonchev–Trinajstić information content (AvgIpc) is 2.88. The second-order valence-electron chi connectivity index (χ2n) is 4.50. The van der Waals surface area contributed by atoms with Gasteiger partial charge in [-0.15, -0.1) is 0 Å². The molecule has 1 N–H and O–H groups in total. The maximum atomic E-state index is 6.12. The molecule has 1 aromatic carbocycles. The Morgan fingerprint density at radius 3 is 2.84 bits per heavy atom. The molecule has 1 heterocycles. The third kappa shape index (κ3) is 3.43. The zero-order chi connectivity index (χ0) is 13.8. The van der Waals surface area contributed by atoms with Crippen LogP contribution in [0.4, 0.5) is 5.69 Å². The molecule has 0 aliphatic heterocycles. The van der Waals surface area contributed by atoms with Gasteiger partial charge < -0.3 is 5.32 Å². The zero-order valence-corrected chi connectivity index (χ0v) is 12.5. The van der Waals surface area contributed by atoms with Crippen LogP contribution in [0.5, 0.6) is 0 Å². The van der Waals surface area contributed by atoms with E-state index < -0.39 is 0 Å². The lowest BCUT2D eigenvalue weighted by Gasteiger charge is -2.09. The number of benzene rings is 1. The minimum Gasteiger partial charge on any atom is -0.378 e. The summed E-state index contributed by atoms with van der Waals surface area (Å²) in [7, 11) is 0. The van der Waals surface area contributed by atoms with E-state index in [0.29, 0.717) is 22.6 Å². The molecule has 5 heteroatoms. The fraction of sp³-hybridized carbons (Fsp3) is 0.357. The zero-order valence-electron chi connectivity index (χ0n) is 11.0. The van der Waals surface area contributed by atoms with Crippen molar-refractivity contribution in [3.63, 3.8) is 0 Å². The Morgan fingerprint density at radius 2 is 2.11 bits per heavy atom. The standard InChI is InChI=1S/C14H17Cl2N3/c1-3-10(2)19-8-7-11(18-19)9-17-13-6-4-5-12(15)14(13)16/h4-8,10,17H,3,9H2,1-2H3. The molecule has 0 aliphatic carbocycles. The van der Waals surface area contributed by atoms with E-state index in [9.17, 15) is 0 Å². The summed E-state index contributed by atoms with van der Waals surface area (Å²) >= 11 is 12.1. The van der Waals surface area contributed by atoms with Gasteiger partial charge in [-0.1, -0.05) is 36.2 Å². The van der Waals surface area contributed by atoms with Gasteiger partial charge in [0.15, 0.2) is 0 Å². The van der Waals surface area contributed by atoms with Crippen molar-refractivity contribution in [1.29, 1.82) is 0 Å². The summed E-state index contributed by atoms with van der Waals surface area (Å²) in [6.45, 7) is 4.93. The van der Waals surface area contributed by atoms with Gasteiger partial charge in [0, 0.05) is 12.2 Å². The summed E-state index contributed by atoms with van der Waals surface area (Å²) in [6.07, 6.45) is 3.07. The highest BCUT2D eigenvalue weighted by molar-refractivity contribution is 6.43. The summed E-state index contributed by atoms with van der Waals surface area (Å²) in [6, 6.07) is 7.97. The molecular weight excluding hydrogens is 281 g/mol. The van der Waals surface area contributed by atoms with E-state index in [1.54, 1.807) is 6.07 Å². The first-order chi connectivity index (χ1) is 9.11. The topological polar surface area (TPSA) is 29.9 Å². The summed E-state index contributed by atoms with van der Waals surface area (Å²) in [4.78, 5) is 0. The summed E-state index contributed by atoms with van der Waals surface area (Å²) in [5.41, 5.74) is 1.81. The van der Waals surface area contributed by atoms with E-state index in [2.05, 4.69) is 24.3 Å². The number of hydrogen-bond donors (Lipinski definition) is 1. The van der Waals surface area contributed by atoms with Crippen LogP contribution >= 0.6 is 23.2 Å². The van der Waals surface area contributed by atoms with Crippen molar-refractivity contribution >= 4 is 28.9 Å². The van der Waals surface area contributed by atoms with Crippen molar-refractivity contribution in [2.75, 3.05) is 5.32 Å². The maximum Gasteiger partial charge on any atom is 0.0823 e. The Hall–Kier alpha value is -1.19. The second kappa shape index (κ2) is 6.31. The highest BCUT2D eigenvalue weighted by Gasteiger charge is 2.06. The average molecular weight is 298 g/mol. The molecule has 19 heavy (non-hydrogen) atoms. The first-order valence-corrected chi connectivity index (χ1v) is 7.09. The molecule has 2 aromatic rings. The lowest BCUT2D eigenvalue weighted by molar-refractivity contribution is 0.474. The molecule has 1 unspecified atom stereocenters. The molecule has 1 atom stereocenters. The van der Waals surface area contributed by atoms with E-state index in [0.717, 1.165) is 17.8 Å². The summed E-state index contributed by atoms with van der Waals surface area (Å²) in [5, 5.41) is 8.87. The van der Waals surface area contributed by atoms with Crippen molar-refractivity contribution in [1.82, 2.24) is 9.78 Å². The Bertz CT molecular complexity index is 551. The normalized spacial score (nSPS) is 12.4. The largest absolute Gasteiger partial charge is 0.378 e. The quantitative estimate of drug-likeness (QED) is 0.861. The van der Waals surface area contributed by atoms with Crippen LogP contribution in [0.3, 0.4) is 0 Å². The fourth-order valence-corrected chi connectivity index (χ4v) is 2.10. The van der Waals surface area contributed by atoms with Crippen molar-refractivity contribution in [2.24, 2.45) is 0 Å². The van der Waals surface area contributed by atoms with Gasteiger partial charge in [-0.2, -0.15) is 5.10 Å². The van der Waals surface area contributed by atoms with Gasteiger partial charge in [-0.25, -0.2) is 0 Å². The molecule has 3 nitrogen and oxygen atoms in total. The van der Waals surface area contributed by atoms with Crippen LogP contribution in [0, 0.1) is 0 Å². The van der Waals surface area contributed by atoms with E-state index in [1.807, 2.05) is 29.1 Å². The molecule has 0 aliphatic rings. The molecular formula is C14H17Cl2N3. The number of rotatable bonds is 5. The van der Waals surface area contributed by atoms with Crippen LogP contribution in [0.1, 0.15) is 32.0 Å². The fourth-order valence-electron chi connectivity index (χ4n) is 1.73. The molecule has 102 valence electrons. The van der Waals surface area contributed by atoms with E-state index in [1.165, 1.54) is 0 Å². The van der Waals surface area contributed by atoms with Gasteiger partial charge in [0.05, 0.1) is 28.0 Å². The third-order valence-corrected chi connectivity index (χ3v) is 3.94. The van der Waals surface area contributed by atoms with Crippen LogP contribution in [0.15, 0.2) is 30.5 Å². The number of halogens is 2. The monoisotopic (exact) mass is 297 g/mol. The predicted octanol–water partition coefficient (Wildman–Crippen LogP) is 4.77.